The number of benzene rings is 4. The fraction of sp³-hybridized carbons (Fsp3) is 0. The van der Waals surface area contributed by atoms with Crippen molar-refractivity contribution in [3.05, 3.63) is 140 Å². The average Bonchev–Trinajstić information content (AvgIpc) is 3.52. The minimum atomic E-state index is -0.115. The SMILES string of the molecule is O=c1c2ccccc2nc2n1-c1ccccc1/C2=N/N=c1/scc(-c2ccc(Br)cc2)n1-c1ccccc1. The zero-order valence-corrected chi connectivity index (χ0v) is 22.2. The molecule has 2 aromatic heterocycles. The second-order valence-corrected chi connectivity index (χ2v) is 10.5. The zero-order valence-electron chi connectivity index (χ0n) is 19.8. The molecule has 182 valence electrons. The maximum Gasteiger partial charge on any atom is 0.266 e. The Morgan fingerprint density at radius 1 is 0.763 bits per heavy atom. The van der Waals surface area contributed by atoms with Crippen molar-refractivity contribution < 1.29 is 0 Å². The molecule has 0 aliphatic carbocycles. The van der Waals surface area contributed by atoms with E-state index in [0.717, 1.165) is 32.7 Å². The lowest BCUT2D eigenvalue weighted by atomic mass is 10.1. The summed E-state index contributed by atoms with van der Waals surface area (Å²) in [4.78, 5) is 19.0. The van der Waals surface area contributed by atoms with E-state index in [9.17, 15) is 4.79 Å². The number of hydrogen-bond donors (Lipinski definition) is 0. The number of halogens is 1. The van der Waals surface area contributed by atoms with Gasteiger partial charge in [-0.15, -0.1) is 21.5 Å². The van der Waals surface area contributed by atoms with Gasteiger partial charge >= 0.3 is 0 Å². The Morgan fingerprint density at radius 3 is 2.34 bits per heavy atom. The molecule has 38 heavy (non-hydrogen) atoms. The minimum absolute atomic E-state index is 0.115. The Morgan fingerprint density at radius 2 is 1.50 bits per heavy atom. The Labute approximate surface area is 229 Å². The van der Waals surface area contributed by atoms with Crippen molar-refractivity contribution in [2.24, 2.45) is 10.2 Å². The van der Waals surface area contributed by atoms with Gasteiger partial charge in [-0.3, -0.25) is 13.9 Å². The van der Waals surface area contributed by atoms with Crippen LogP contribution in [-0.4, -0.2) is 19.8 Å². The van der Waals surface area contributed by atoms with E-state index in [0.29, 0.717) is 27.2 Å². The van der Waals surface area contributed by atoms with Crippen LogP contribution in [0, 0.1) is 0 Å². The van der Waals surface area contributed by atoms with Crippen LogP contribution in [-0.2, 0) is 0 Å². The van der Waals surface area contributed by atoms with Crippen molar-refractivity contribution >= 4 is 43.9 Å². The molecular formula is C30H18BrN5OS. The van der Waals surface area contributed by atoms with Crippen molar-refractivity contribution in [1.29, 1.82) is 0 Å². The van der Waals surface area contributed by atoms with Crippen LogP contribution >= 0.6 is 27.3 Å². The highest BCUT2D eigenvalue weighted by molar-refractivity contribution is 9.10. The molecule has 6 aromatic rings. The summed E-state index contributed by atoms with van der Waals surface area (Å²) in [7, 11) is 0. The molecular weight excluding hydrogens is 558 g/mol. The summed E-state index contributed by atoms with van der Waals surface area (Å²) < 4.78 is 4.76. The molecule has 0 saturated heterocycles. The predicted molar refractivity (Wildman–Crippen MR) is 155 cm³/mol. The molecule has 0 radical (unpaired) electrons. The third-order valence-corrected chi connectivity index (χ3v) is 7.83. The lowest BCUT2D eigenvalue weighted by molar-refractivity contribution is 0.954. The van der Waals surface area contributed by atoms with Crippen LogP contribution in [0.3, 0.4) is 0 Å². The van der Waals surface area contributed by atoms with E-state index in [-0.39, 0.29) is 5.56 Å². The van der Waals surface area contributed by atoms with Gasteiger partial charge in [-0.1, -0.05) is 76.6 Å². The van der Waals surface area contributed by atoms with E-state index < -0.39 is 0 Å². The molecule has 1 aliphatic rings. The second-order valence-electron chi connectivity index (χ2n) is 8.74. The number of rotatable bonds is 3. The first-order chi connectivity index (χ1) is 18.7. The maximum atomic E-state index is 13.5. The van der Waals surface area contributed by atoms with Gasteiger partial charge in [0.05, 0.1) is 22.3 Å². The normalized spacial score (nSPS) is 13.7. The van der Waals surface area contributed by atoms with Gasteiger partial charge in [0, 0.05) is 21.1 Å². The Bertz CT molecular complexity index is 2000. The van der Waals surface area contributed by atoms with Gasteiger partial charge in [-0.2, -0.15) is 0 Å². The Balaban J connectivity index is 1.47. The van der Waals surface area contributed by atoms with Gasteiger partial charge < -0.3 is 0 Å². The van der Waals surface area contributed by atoms with Crippen molar-refractivity contribution in [3.63, 3.8) is 0 Å². The van der Waals surface area contributed by atoms with E-state index in [1.807, 2.05) is 72.8 Å². The smallest absolute Gasteiger partial charge is 0.266 e. The Hall–Kier alpha value is -4.40. The van der Waals surface area contributed by atoms with Gasteiger partial charge in [0.15, 0.2) is 5.82 Å². The summed E-state index contributed by atoms with van der Waals surface area (Å²) in [6.07, 6.45) is 0. The van der Waals surface area contributed by atoms with Gasteiger partial charge in [-0.05, 0) is 48.0 Å². The number of fused-ring (bicyclic) bond motifs is 4. The minimum Gasteiger partial charge on any atom is -0.284 e. The van der Waals surface area contributed by atoms with Crippen molar-refractivity contribution in [3.8, 4) is 22.6 Å². The van der Waals surface area contributed by atoms with Crippen LogP contribution in [0.1, 0.15) is 11.4 Å². The first-order valence-electron chi connectivity index (χ1n) is 11.9. The number of thiazole rings is 1. The van der Waals surface area contributed by atoms with E-state index in [1.54, 1.807) is 10.6 Å². The van der Waals surface area contributed by atoms with Crippen LogP contribution in [0.15, 0.2) is 128 Å². The first kappa shape index (κ1) is 22.8. The molecule has 0 bridgehead atoms. The summed E-state index contributed by atoms with van der Waals surface area (Å²) in [6.45, 7) is 0. The summed E-state index contributed by atoms with van der Waals surface area (Å²) in [5.41, 5.74) is 5.75. The quantitative estimate of drug-likeness (QED) is 0.231. The summed E-state index contributed by atoms with van der Waals surface area (Å²) in [5, 5.41) is 12.1. The lowest BCUT2D eigenvalue weighted by Gasteiger charge is -2.09. The van der Waals surface area contributed by atoms with Gasteiger partial charge in [0.25, 0.3) is 5.56 Å². The van der Waals surface area contributed by atoms with E-state index >= 15 is 0 Å². The predicted octanol–water partition coefficient (Wildman–Crippen LogP) is 6.33. The molecule has 0 fully saturated rings. The highest BCUT2D eigenvalue weighted by atomic mass is 79.9. The number of para-hydroxylation sites is 3. The molecule has 0 spiro atoms. The molecule has 8 heteroatoms. The monoisotopic (exact) mass is 575 g/mol. The molecule has 0 saturated carbocycles. The molecule has 0 amide bonds. The van der Waals surface area contributed by atoms with Gasteiger partial charge in [-0.25, -0.2) is 4.98 Å². The summed E-state index contributed by atoms with van der Waals surface area (Å²) >= 11 is 5.04. The average molecular weight is 576 g/mol. The van der Waals surface area contributed by atoms with Gasteiger partial charge in [0.2, 0.25) is 4.80 Å². The standard InChI is InChI=1S/C30H18BrN5OS/c31-20-16-14-19(15-17-20)26-18-38-30(35(26)21-8-2-1-3-9-21)34-33-27-23-11-5-7-13-25(23)36-28(27)32-24-12-6-4-10-22(24)29(36)37/h1-18H/b33-27-,34-30+. The molecule has 6 nitrogen and oxygen atoms in total. The third kappa shape index (κ3) is 3.69. The lowest BCUT2D eigenvalue weighted by Crippen LogP contribution is -2.21. The van der Waals surface area contributed by atoms with Crippen molar-refractivity contribution in [2.45, 2.75) is 0 Å². The second kappa shape index (κ2) is 9.16. The van der Waals surface area contributed by atoms with Crippen LogP contribution in [0.2, 0.25) is 0 Å². The molecule has 3 heterocycles. The molecule has 0 unspecified atom stereocenters. The van der Waals surface area contributed by atoms with Crippen molar-refractivity contribution in [2.75, 3.05) is 0 Å². The van der Waals surface area contributed by atoms with Crippen LogP contribution in [0.25, 0.3) is 33.5 Å². The molecule has 0 N–H and O–H groups in total. The van der Waals surface area contributed by atoms with Crippen LogP contribution in [0.4, 0.5) is 0 Å². The van der Waals surface area contributed by atoms with Crippen LogP contribution in [0.5, 0.6) is 0 Å². The highest BCUT2D eigenvalue weighted by Gasteiger charge is 2.28. The zero-order chi connectivity index (χ0) is 25.6. The summed E-state index contributed by atoms with van der Waals surface area (Å²) in [5.74, 6) is 0.495. The fourth-order valence-electron chi connectivity index (χ4n) is 4.73. The maximum absolute atomic E-state index is 13.5. The molecule has 0 atom stereocenters. The topological polar surface area (TPSA) is 64.5 Å². The number of nitrogens with zero attached hydrogens (tertiary/aromatic N) is 5. The largest absolute Gasteiger partial charge is 0.284 e. The fourth-order valence-corrected chi connectivity index (χ4v) is 5.85. The third-order valence-electron chi connectivity index (χ3n) is 6.49. The van der Waals surface area contributed by atoms with E-state index in [1.165, 1.54) is 11.3 Å². The highest BCUT2D eigenvalue weighted by Crippen LogP contribution is 2.28. The van der Waals surface area contributed by atoms with E-state index in [2.05, 4.69) is 50.1 Å². The Kier molecular flexibility index (Phi) is 5.49. The first-order valence-corrected chi connectivity index (χ1v) is 13.6. The number of hydrogen-bond acceptors (Lipinski definition) is 5. The van der Waals surface area contributed by atoms with E-state index in [4.69, 9.17) is 15.2 Å². The van der Waals surface area contributed by atoms with Gasteiger partial charge in [0.1, 0.15) is 5.71 Å². The van der Waals surface area contributed by atoms with Crippen LogP contribution < -0.4 is 10.4 Å². The number of aromatic nitrogens is 3. The molecule has 4 aromatic carbocycles. The summed E-state index contributed by atoms with van der Waals surface area (Å²) in [6, 6.07) is 33.4. The molecule has 1 aliphatic heterocycles. The van der Waals surface area contributed by atoms with Crippen molar-refractivity contribution in [1.82, 2.24) is 14.1 Å². The molecule has 7 rings (SSSR count).